The van der Waals surface area contributed by atoms with Crippen molar-refractivity contribution in [2.75, 3.05) is 7.11 Å². The van der Waals surface area contributed by atoms with Crippen molar-refractivity contribution >= 4 is 5.97 Å². The number of hydrogen-bond donors (Lipinski definition) is 0. The number of carbonyl (C=O) groups excluding carboxylic acids is 1. The van der Waals surface area contributed by atoms with E-state index in [4.69, 9.17) is 0 Å². The third-order valence-corrected chi connectivity index (χ3v) is 1.86. The topological polar surface area (TPSA) is 44.1 Å². The predicted octanol–water partition coefficient (Wildman–Crippen LogP) is 1.47. The summed E-state index contributed by atoms with van der Waals surface area (Å²) in [4.78, 5) is 15.1. The molecule has 0 bridgehead atoms. The molecule has 72 valence electrons. The molecular formula is C9H14N2O2. The fourth-order valence-corrected chi connectivity index (χ4v) is 1.10. The quantitative estimate of drug-likeness (QED) is 0.662. The first-order valence-electron chi connectivity index (χ1n) is 4.38. The molecule has 0 aliphatic rings. The zero-order chi connectivity index (χ0) is 9.68. The number of aryl methyl sites for hydroxylation is 1. The van der Waals surface area contributed by atoms with Gasteiger partial charge in [-0.3, -0.25) is 0 Å². The summed E-state index contributed by atoms with van der Waals surface area (Å²) >= 11 is 0. The number of unbranched alkanes of at least 4 members (excludes halogenated alkanes) is 1. The minimum Gasteiger partial charge on any atom is -0.464 e. The molecule has 0 unspecified atom stereocenters. The third-order valence-electron chi connectivity index (χ3n) is 1.86. The molecule has 13 heavy (non-hydrogen) atoms. The number of ether oxygens (including phenoxy) is 1. The Morgan fingerprint density at radius 3 is 3.08 bits per heavy atom. The van der Waals surface area contributed by atoms with Gasteiger partial charge in [0.25, 0.3) is 0 Å². The Labute approximate surface area is 77.5 Å². The molecule has 1 aromatic rings. The smallest absolute Gasteiger partial charge is 0.356 e. The molecule has 0 aromatic carbocycles. The number of hydrogen-bond acceptors (Lipinski definition) is 3. The molecule has 4 nitrogen and oxygen atoms in total. The average Bonchev–Trinajstić information content (AvgIpc) is 2.61. The first-order valence-corrected chi connectivity index (χ1v) is 4.38. The van der Waals surface area contributed by atoms with Crippen LogP contribution in [0, 0.1) is 0 Å². The molecule has 1 heterocycles. The Kier molecular flexibility index (Phi) is 3.49. The van der Waals surface area contributed by atoms with Gasteiger partial charge in [0.2, 0.25) is 0 Å². The molecule has 0 amide bonds. The van der Waals surface area contributed by atoms with Crippen molar-refractivity contribution in [3.05, 3.63) is 18.2 Å². The molecule has 0 saturated carbocycles. The average molecular weight is 182 g/mol. The molecule has 1 rings (SSSR count). The number of nitrogens with zero attached hydrogens (tertiary/aromatic N) is 2. The maximum absolute atomic E-state index is 11.2. The first-order chi connectivity index (χ1) is 6.29. The number of aromatic nitrogens is 2. The Morgan fingerprint density at radius 1 is 1.69 bits per heavy atom. The van der Waals surface area contributed by atoms with Crippen molar-refractivity contribution < 1.29 is 9.53 Å². The lowest BCUT2D eigenvalue weighted by Crippen LogP contribution is -2.09. The Balaban J connectivity index is 2.71. The summed E-state index contributed by atoms with van der Waals surface area (Å²) in [5.41, 5.74) is 0.524. The van der Waals surface area contributed by atoms with Crippen LogP contribution in [0.15, 0.2) is 12.5 Å². The number of imidazole rings is 1. The van der Waals surface area contributed by atoms with Crippen molar-refractivity contribution in [1.82, 2.24) is 9.55 Å². The van der Waals surface area contributed by atoms with Gasteiger partial charge in [0.1, 0.15) is 5.69 Å². The molecule has 0 atom stereocenters. The third kappa shape index (κ3) is 2.31. The van der Waals surface area contributed by atoms with E-state index >= 15 is 0 Å². The minimum atomic E-state index is -0.325. The van der Waals surface area contributed by atoms with Crippen LogP contribution < -0.4 is 0 Å². The van der Waals surface area contributed by atoms with Crippen LogP contribution in [0.4, 0.5) is 0 Å². The van der Waals surface area contributed by atoms with E-state index in [0.717, 1.165) is 19.4 Å². The first kappa shape index (κ1) is 9.77. The van der Waals surface area contributed by atoms with Gasteiger partial charge in [-0.25, -0.2) is 9.78 Å². The monoisotopic (exact) mass is 182 g/mol. The Morgan fingerprint density at radius 2 is 2.46 bits per heavy atom. The van der Waals surface area contributed by atoms with Gasteiger partial charge < -0.3 is 9.30 Å². The van der Waals surface area contributed by atoms with Gasteiger partial charge in [-0.1, -0.05) is 13.3 Å². The lowest BCUT2D eigenvalue weighted by atomic mass is 10.3. The predicted molar refractivity (Wildman–Crippen MR) is 48.5 cm³/mol. The van der Waals surface area contributed by atoms with Gasteiger partial charge in [-0.05, 0) is 6.42 Å². The van der Waals surface area contributed by atoms with Crippen molar-refractivity contribution in [3.63, 3.8) is 0 Å². The summed E-state index contributed by atoms with van der Waals surface area (Å²) in [5, 5.41) is 0. The molecule has 4 heteroatoms. The summed E-state index contributed by atoms with van der Waals surface area (Å²) < 4.78 is 6.43. The number of esters is 1. The summed E-state index contributed by atoms with van der Waals surface area (Å²) in [6.45, 7) is 2.93. The van der Waals surface area contributed by atoms with Gasteiger partial charge >= 0.3 is 5.97 Å². The van der Waals surface area contributed by atoms with Crippen molar-refractivity contribution in [2.45, 2.75) is 26.3 Å². The second-order valence-electron chi connectivity index (χ2n) is 2.82. The van der Waals surface area contributed by atoms with Gasteiger partial charge in [-0.2, -0.15) is 0 Å². The van der Waals surface area contributed by atoms with E-state index in [1.54, 1.807) is 6.33 Å². The van der Waals surface area contributed by atoms with Crippen LogP contribution in [0.25, 0.3) is 0 Å². The van der Waals surface area contributed by atoms with E-state index in [1.165, 1.54) is 13.3 Å². The number of rotatable bonds is 4. The van der Waals surface area contributed by atoms with E-state index in [1.807, 2.05) is 4.57 Å². The van der Waals surface area contributed by atoms with E-state index in [9.17, 15) is 4.79 Å². The largest absolute Gasteiger partial charge is 0.464 e. The van der Waals surface area contributed by atoms with E-state index < -0.39 is 0 Å². The molecule has 0 fully saturated rings. The lowest BCUT2D eigenvalue weighted by Gasteiger charge is -2.04. The Bertz CT molecular complexity index is 281. The maximum atomic E-state index is 11.2. The molecule has 0 saturated heterocycles. The number of methoxy groups -OCH3 is 1. The van der Waals surface area contributed by atoms with E-state index in [2.05, 4.69) is 16.6 Å². The van der Waals surface area contributed by atoms with Gasteiger partial charge in [-0.15, -0.1) is 0 Å². The second kappa shape index (κ2) is 4.64. The SMILES string of the molecule is CCCCn1cncc1C(=O)OC. The van der Waals surface area contributed by atoms with E-state index in [-0.39, 0.29) is 5.97 Å². The summed E-state index contributed by atoms with van der Waals surface area (Å²) in [6, 6.07) is 0. The Hall–Kier alpha value is -1.32. The normalized spacial score (nSPS) is 10.0. The van der Waals surface area contributed by atoms with Crippen LogP contribution in [-0.2, 0) is 11.3 Å². The van der Waals surface area contributed by atoms with Crippen LogP contribution in [0.1, 0.15) is 30.3 Å². The molecule has 0 spiro atoms. The zero-order valence-corrected chi connectivity index (χ0v) is 7.99. The highest BCUT2D eigenvalue weighted by Gasteiger charge is 2.10. The van der Waals surface area contributed by atoms with Crippen molar-refractivity contribution in [1.29, 1.82) is 0 Å². The van der Waals surface area contributed by atoms with Crippen molar-refractivity contribution in [3.8, 4) is 0 Å². The van der Waals surface area contributed by atoms with Crippen LogP contribution in [-0.4, -0.2) is 22.6 Å². The van der Waals surface area contributed by atoms with Crippen LogP contribution in [0.3, 0.4) is 0 Å². The van der Waals surface area contributed by atoms with Crippen LogP contribution in [0.5, 0.6) is 0 Å². The van der Waals surface area contributed by atoms with Gasteiger partial charge in [0.05, 0.1) is 19.6 Å². The summed E-state index contributed by atoms with van der Waals surface area (Å²) in [6.07, 6.45) is 5.32. The molecule has 0 aliphatic carbocycles. The fraction of sp³-hybridized carbons (Fsp3) is 0.556. The minimum absolute atomic E-state index is 0.325. The van der Waals surface area contributed by atoms with Crippen LogP contribution >= 0.6 is 0 Å². The maximum Gasteiger partial charge on any atom is 0.356 e. The van der Waals surface area contributed by atoms with E-state index in [0.29, 0.717) is 5.69 Å². The van der Waals surface area contributed by atoms with Crippen molar-refractivity contribution in [2.24, 2.45) is 0 Å². The zero-order valence-electron chi connectivity index (χ0n) is 7.99. The lowest BCUT2D eigenvalue weighted by molar-refractivity contribution is 0.0588. The fourth-order valence-electron chi connectivity index (χ4n) is 1.10. The summed E-state index contributed by atoms with van der Waals surface area (Å²) in [5.74, 6) is -0.325. The molecular weight excluding hydrogens is 168 g/mol. The summed E-state index contributed by atoms with van der Waals surface area (Å²) in [7, 11) is 1.37. The highest BCUT2D eigenvalue weighted by molar-refractivity contribution is 5.87. The molecule has 0 N–H and O–H groups in total. The second-order valence-corrected chi connectivity index (χ2v) is 2.82. The van der Waals surface area contributed by atoms with Crippen LogP contribution in [0.2, 0.25) is 0 Å². The molecule has 0 radical (unpaired) electrons. The highest BCUT2D eigenvalue weighted by atomic mass is 16.5. The standard InChI is InChI=1S/C9H14N2O2/c1-3-4-5-11-7-10-6-8(11)9(12)13-2/h6-7H,3-5H2,1-2H3. The highest BCUT2D eigenvalue weighted by Crippen LogP contribution is 2.03. The molecule has 0 aliphatic heterocycles. The number of carbonyl (C=O) groups is 1. The van der Waals surface area contributed by atoms with Gasteiger partial charge in [0.15, 0.2) is 0 Å². The molecule has 1 aromatic heterocycles. The van der Waals surface area contributed by atoms with Gasteiger partial charge in [0, 0.05) is 6.54 Å².